The van der Waals surface area contributed by atoms with E-state index in [1.807, 2.05) is 67.6 Å². The van der Waals surface area contributed by atoms with Crippen molar-refractivity contribution in [1.29, 1.82) is 0 Å². The van der Waals surface area contributed by atoms with Crippen LogP contribution in [0.2, 0.25) is 0 Å². The van der Waals surface area contributed by atoms with E-state index >= 15 is 0 Å². The van der Waals surface area contributed by atoms with Crippen LogP contribution >= 0.6 is 0 Å². The first-order valence-electron chi connectivity index (χ1n) is 9.15. The number of hydrogen-bond donors (Lipinski definition) is 0. The van der Waals surface area contributed by atoms with Crippen LogP contribution in [0.15, 0.2) is 83.3 Å². The zero-order valence-electron chi connectivity index (χ0n) is 15.5. The quantitative estimate of drug-likeness (QED) is 0.325. The maximum absolute atomic E-state index is 13.3. The predicted octanol–water partition coefficient (Wildman–Crippen LogP) is 5.65. The van der Waals surface area contributed by atoms with Crippen LogP contribution in [0, 0.1) is 0 Å². The van der Waals surface area contributed by atoms with Gasteiger partial charge in [-0.2, -0.15) is 0 Å². The Morgan fingerprint density at radius 1 is 0.964 bits per heavy atom. The fraction of sp³-hybridized carbons (Fsp3) is 0.0833. The predicted molar refractivity (Wildman–Crippen MR) is 110 cm³/mol. The normalized spacial score (nSPS) is 11.5. The maximum Gasteiger partial charge on any atom is 0.231 e. The Bertz CT molecular complexity index is 1090. The molecular weight excluding hydrogens is 350 g/mol. The molecule has 0 aliphatic carbocycles. The first kappa shape index (κ1) is 17.7. The minimum absolute atomic E-state index is 0.154. The van der Waals surface area contributed by atoms with Gasteiger partial charge in [-0.05, 0) is 55.0 Å². The maximum atomic E-state index is 13.3. The van der Waals surface area contributed by atoms with Crippen LogP contribution in [0.5, 0.6) is 5.75 Å². The highest BCUT2D eigenvalue weighted by atomic mass is 16.5. The Labute approximate surface area is 163 Å². The molecule has 4 nitrogen and oxygen atoms in total. The summed E-state index contributed by atoms with van der Waals surface area (Å²) in [5.74, 6) is 0.886. The number of carbonyl (C=O) groups is 1. The number of ketones is 1. The molecule has 0 atom stereocenters. The molecule has 4 heteroatoms. The summed E-state index contributed by atoms with van der Waals surface area (Å²) in [6.45, 7) is 2.50. The molecule has 1 heterocycles. The smallest absolute Gasteiger partial charge is 0.231 e. The van der Waals surface area contributed by atoms with Gasteiger partial charge in [-0.3, -0.25) is 4.79 Å². The molecule has 0 fully saturated rings. The van der Waals surface area contributed by atoms with Crippen LogP contribution < -0.4 is 4.74 Å². The summed E-state index contributed by atoms with van der Waals surface area (Å²) in [5.41, 5.74) is 3.23. The van der Waals surface area contributed by atoms with E-state index in [2.05, 4.69) is 4.98 Å². The van der Waals surface area contributed by atoms with Crippen molar-refractivity contribution >= 4 is 28.5 Å². The first-order chi connectivity index (χ1) is 13.7. The zero-order chi connectivity index (χ0) is 19.3. The fourth-order valence-corrected chi connectivity index (χ4v) is 2.95. The van der Waals surface area contributed by atoms with E-state index in [0.29, 0.717) is 29.2 Å². The number of Topliss-reactive ketones (excluding diaryl/α,β-unsaturated/α-hetero) is 1. The van der Waals surface area contributed by atoms with Crippen LogP contribution in [-0.2, 0) is 0 Å². The van der Waals surface area contributed by atoms with E-state index in [9.17, 15) is 4.79 Å². The van der Waals surface area contributed by atoms with Gasteiger partial charge in [-0.25, -0.2) is 4.98 Å². The molecule has 0 amide bonds. The lowest BCUT2D eigenvalue weighted by atomic mass is 10.0. The van der Waals surface area contributed by atoms with Gasteiger partial charge >= 0.3 is 0 Å². The molecule has 0 saturated carbocycles. The Balaban J connectivity index is 1.78. The molecule has 0 unspecified atom stereocenters. The minimum Gasteiger partial charge on any atom is -0.494 e. The van der Waals surface area contributed by atoms with Gasteiger partial charge in [-0.15, -0.1) is 0 Å². The Hall–Kier alpha value is -3.66. The molecule has 3 aromatic carbocycles. The molecule has 0 aliphatic rings. The molecule has 138 valence electrons. The van der Waals surface area contributed by atoms with E-state index in [-0.39, 0.29) is 5.78 Å². The van der Waals surface area contributed by atoms with E-state index in [0.717, 1.165) is 16.8 Å². The number of oxazole rings is 1. The standard InChI is InChI=1S/C24H19NO3/c1-2-27-19-14-12-18(13-15-19)23(26)20(16-17-8-4-3-5-9-17)24-25-21-10-6-7-11-22(21)28-24/h3-16H,2H2,1H3/b20-16+. The van der Waals surface area contributed by atoms with Crippen molar-refractivity contribution < 1.29 is 13.9 Å². The Morgan fingerprint density at radius 2 is 1.68 bits per heavy atom. The lowest BCUT2D eigenvalue weighted by Crippen LogP contribution is -2.03. The van der Waals surface area contributed by atoms with Gasteiger partial charge in [0.2, 0.25) is 5.89 Å². The highest BCUT2D eigenvalue weighted by Crippen LogP contribution is 2.26. The number of fused-ring (bicyclic) bond motifs is 1. The fourth-order valence-electron chi connectivity index (χ4n) is 2.95. The molecule has 0 saturated heterocycles. The van der Waals surface area contributed by atoms with E-state index in [1.165, 1.54) is 0 Å². The number of hydrogen-bond acceptors (Lipinski definition) is 4. The molecule has 0 aliphatic heterocycles. The lowest BCUT2D eigenvalue weighted by Gasteiger charge is -2.06. The molecular formula is C24H19NO3. The van der Waals surface area contributed by atoms with Crippen LogP contribution in [0.1, 0.15) is 28.7 Å². The molecule has 0 radical (unpaired) electrons. The third-order valence-electron chi connectivity index (χ3n) is 4.31. The second-order valence-electron chi connectivity index (χ2n) is 6.24. The summed E-state index contributed by atoms with van der Waals surface area (Å²) in [5, 5.41) is 0. The number of carbonyl (C=O) groups excluding carboxylic acids is 1. The van der Waals surface area contributed by atoms with Gasteiger partial charge in [0, 0.05) is 5.56 Å². The number of ether oxygens (including phenoxy) is 1. The van der Waals surface area contributed by atoms with Crippen molar-refractivity contribution in [2.75, 3.05) is 6.61 Å². The van der Waals surface area contributed by atoms with Gasteiger partial charge in [0.1, 0.15) is 11.3 Å². The van der Waals surface area contributed by atoms with Crippen LogP contribution in [0.4, 0.5) is 0 Å². The monoisotopic (exact) mass is 369 g/mol. The largest absolute Gasteiger partial charge is 0.494 e. The third kappa shape index (κ3) is 3.71. The average molecular weight is 369 g/mol. The van der Waals surface area contributed by atoms with E-state index in [4.69, 9.17) is 9.15 Å². The van der Waals surface area contributed by atoms with Crippen LogP contribution in [0.3, 0.4) is 0 Å². The number of rotatable bonds is 6. The molecule has 0 spiro atoms. The second kappa shape index (κ2) is 7.92. The van der Waals surface area contributed by atoms with Gasteiger partial charge < -0.3 is 9.15 Å². The SMILES string of the molecule is CCOc1ccc(C(=O)/C(=C\c2ccccc2)c2nc3ccccc3o2)cc1. The van der Waals surface area contributed by atoms with Crippen molar-refractivity contribution in [2.45, 2.75) is 6.92 Å². The van der Waals surface area contributed by atoms with Gasteiger partial charge in [-0.1, -0.05) is 42.5 Å². The molecule has 1 aromatic heterocycles. The second-order valence-corrected chi connectivity index (χ2v) is 6.24. The number of allylic oxidation sites excluding steroid dienone is 1. The van der Waals surface area contributed by atoms with Gasteiger partial charge in [0.15, 0.2) is 11.4 Å². The summed E-state index contributed by atoms with van der Waals surface area (Å²) in [4.78, 5) is 17.8. The number of para-hydroxylation sites is 2. The van der Waals surface area contributed by atoms with E-state index in [1.54, 1.807) is 24.3 Å². The number of nitrogens with zero attached hydrogens (tertiary/aromatic N) is 1. The molecule has 28 heavy (non-hydrogen) atoms. The molecule has 4 aromatic rings. The Morgan fingerprint density at radius 3 is 2.39 bits per heavy atom. The molecule has 4 rings (SSSR count). The van der Waals surface area contributed by atoms with Crippen molar-refractivity contribution in [3.63, 3.8) is 0 Å². The van der Waals surface area contributed by atoms with E-state index < -0.39 is 0 Å². The Kier molecular flexibility index (Phi) is 5.02. The molecule has 0 N–H and O–H groups in total. The summed E-state index contributed by atoms with van der Waals surface area (Å²) >= 11 is 0. The van der Waals surface area contributed by atoms with Crippen molar-refractivity contribution in [3.8, 4) is 5.75 Å². The average Bonchev–Trinajstić information content (AvgIpc) is 3.17. The summed E-state index contributed by atoms with van der Waals surface area (Å²) in [7, 11) is 0. The van der Waals surface area contributed by atoms with Gasteiger partial charge in [0.05, 0.1) is 12.2 Å². The van der Waals surface area contributed by atoms with Crippen molar-refractivity contribution in [2.24, 2.45) is 0 Å². The number of benzene rings is 3. The van der Waals surface area contributed by atoms with Gasteiger partial charge in [0.25, 0.3) is 0 Å². The molecule has 0 bridgehead atoms. The highest BCUT2D eigenvalue weighted by Gasteiger charge is 2.20. The highest BCUT2D eigenvalue weighted by molar-refractivity contribution is 6.31. The topological polar surface area (TPSA) is 52.3 Å². The van der Waals surface area contributed by atoms with Crippen LogP contribution in [0.25, 0.3) is 22.7 Å². The summed E-state index contributed by atoms with van der Waals surface area (Å²) < 4.78 is 11.3. The third-order valence-corrected chi connectivity index (χ3v) is 4.31. The van der Waals surface area contributed by atoms with Crippen LogP contribution in [-0.4, -0.2) is 17.4 Å². The zero-order valence-corrected chi connectivity index (χ0v) is 15.5. The lowest BCUT2D eigenvalue weighted by molar-refractivity contribution is 0.105. The summed E-state index contributed by atoms with van der Waals surface area (Å²) in [6, 6.07) is 24.3. The van der Waals surface area contributed by atoms with Crippen molar-refractivity contribution in [1.82, 2.24) is 4.98 Å². The van der Waals surface area contributed by atoms with Crippen molar-refractivity contribution in [3.05, 3.63) is 95.9 Å². The number of aromatic nitrogens is 1. The minimum atomic E-state index is -0.154. The summed E-state index contributed by atoms with van der Waals surface area (Å²) in [6.07, 6.45) is 1.81. The first-order valence-corrected chi connectivity index (χ1v) is 9.15.